The van der Waals surface area contributed by atoms with Crippen molar-refractivity contribution in [3.63, 3.8) is 0 Å². The van der Waals surface area contributed by atoms with Crippen molar-refractivity contribution in [2.45, 2.75) is 77.1 Å². The van der Waals surface area contributed by atoms with Crippen molar-refractivity contribution in [3.05, 3.63) is 95.1 Å². The second-order valence-corrected chi connectivity index (χ2v) is 13.3. The molecule has 5 rings (SSSR count). The molecule has 4 amide bonds. The van der Waals surface area contributed by atoms with Crippen molar-refractivity contribution in [2.24, 2.45) is 5.92 Å². The van der Waals surface area contributed by atoms with Gasteiger partial charge in [0, 0.05) is 31.6 Å². The summed E-state index contributed by atoms with van der Waals surface area (Å²) < 4.78 is 17.2. The second kappa shape index (κ2) is 18.9. The lowest BCUT2D eigenvalue weighted by Crippen LogP contribution is -2.55. The molecule has 11 heteroatoms. The number of hydrogen-bond acceptors (Lipinski definition) is 7. The van der Waals surface area contributed by atoms with E-state index >= 15 is 0 Å². The number of benzene rings is 3. The molecule has 3 N–H and O–H groups in total. The highest BCUT2D eigenvalue weighted by Crippen LogP contribution is 2.23. The lowest BCUT2D eigenvalue weighted by molar-refractivity contribution is -0.138. The summed E-state index contributed by atoms with van der Waals surface area (Å²) >= 11 is 0. The van der Waals surface area contributed by atoms with Gasteiger partial charge in [0.15, 0.2) is 0 Å². The molecule has 0 aliphatic carbocycles. The maximum atomic E-state index is 14.0. The van der Waals surface area contributed by atoms with Crippen LogP contribution in [0.3, 0.4) is 0 Å². The van der Waals surface area contributed by atoms with Gasteiger partial charge in [0.05, 0.1) is 33.4 Å². The Morgan fingerprint density at radius 1 is 1.00 bits per heavy atom. The highest BCUT2D eigenvalue weighted by molar-refractivity contribution is 5.95. The second-order valence-electron chi connectivity index (χ2n) is 13.3. The third-order valence-corrected chi connectivity index (χ3v) is 9.59. The number of carbonyl (C=O) groups excluding carboxylic acids is 4. The number of carbonyl (C=O) groups is 4. The summed E-state index contributed by atoms with van der Waals surface area (Å²) in [5.41, 5.74) is 3.80. The minimum Gasteiger partial charge on any atom is -0.496 e. The van der Waals surface area contributed by atoms with Crippen LogP contribution in [0.25, 0.3) is 0 Å². The zero-order valence-electron chi connectivity index (χ0n) is 29.7. The van der Waals surface area contributed by atoms with Crippen molar-refractivity contribution in [1.29, 1.82) is 0 Å². The minimum absolute atomic E-state index is 0.0186. The number of amides is 4. The lowest BCUT2D eigenvalue weighted by Gasteiger charge is -2.34. The molecule has 1 fully saturated rings. The fourth-order valence-electron chi connectivity index (χ4n) is 6.55. The standard InChI is InChI=1S/C40H50N4O7/c1-28-14-16-33-23-32(28)25-41-39(47)34(17-15-29-9-4-3-5-10-29)43-40(48)35(24-38(46)44-20-8-11-30(26-44)18-22-51-33)42-37(45)19-21-50-27-31-12-6-7-13-36(31)49-2/h3-7,9-10,12-14,16,23,30,34-35H,8,11,15,17-22,24-27H2,1-2H3,(H,41,47)(H,42,45)(H,43,48)/t30?,34-,35-/m0/s1. The number of ether oxygens (including phenoxy) is 3. The van der Waals surface area contributed by atoms with Crippen molar-refractivity contribution in [1.82, 2.24) is 20.9 Å². The number of rotatable bonds is 10. The molecule has 2 aliphatic rings. The number of piperidine rings is 1. The molecular formula is C40H50N4O7. The van der Waals surface area contributed by atoms with Gasteiger partial charge in [-0.1, -0.05) is 54.6 Å². The fraction of sp³-hybridized carbons (Fsp3) is 0.450. The smallest absolute Gasteiger partial charge is 0.243 e. The number of hydrogen-bond donors (Lipinski definition) is 3. The summed E-state index contributed by atoms with van der Waals surface area (Å²) in [6.45, 7) is 4.24. The molecule has 3 aromatic rings. The minimum atomic E-state index is -1.17. The van der Waals surface area contributed by atoms with Gasteiger partial charge in [0.2, 0.25) is 23.6 Å². The Labute approximate surface area is 300 Å². The van der Waals surface area contributed by atoms with E-state index in [1.165, 1.54) is 0 Å². The molecule has 272 valence electrons. The largest absolute Gasteiger partial charge is 0.496 e. The maximum absolute atomic E-state index is 14.0. The van der Waals surface area contributed by atoms with E-state index < -0.39 is 23.9 Å². The predicted octanol–water partition coefficient (Wildman–Crippen LogP) is 4.24. The highest BCUT2D eigenvalue weighted by atomic mass is 16.5. The predicted molar refractivity (Wildman–Crippen MR) is 193 cm³/mol. The van der Waals surface area contributed by atoms with Crippen molar-refractivity contribution < 1.29 is 33.4 Å². The van der Waals surface area contributed by atoms with E-state index in [1.807, 2.05) is 79.7 Å². The molecule has 0 aromatic heterocycles. The Morgan fingerprint density at radius 2 is 1.80 bits per heavy atom. The molecule has 0 saturated carbocycles. The van der Waals surface area contributed by atoms with Gasteiger partial charge in [-0.3, -0.25) is 19.2 Å². The normalized spacial score (nSPS) is 20.2. The number of fused-ring (bicyclic) bond motifs is 4. The summed E-state index contributed by atoms with van der Waals surface area (Å²) in [5.74, 6) is 0.0916. The monoisotopic (exact) mass is 698 g/mol. The van der Waals surface area contributed by atoms with Crippen LogP contribution in [0.15, 0.2) is 72.8 Å². The van der Waals surface area contributed by atoms with Crippen molar-refractivity contribution in [3.8, 4) is 11.5 Å². The van der Waals surface area contributed by atoms with Crippen molar-refractivity contribution in [2.75, 3.05) is 33.4 Å². The van der Waals surface area contributed by atoms with Crippen LogP contribution in [-0.2, 0) is 43.5 Å². The molecule has 51 heavy (non-hydrogen) atoms. The van der Waals surface area contributed by atoms with Gasteiger partial charge < -0.3 is 35.1 Å². The summed E-state index contributed by atoms with van der Waals surface area (Å²) in [6.07, 6.45) is 3.23. The average molecular weight is 699 g/mol. The summed E-state index contributed by atoms with van der Waals surface area (Å²) in [4.78, 5) is 56.3. The van der Waals surface area contributed by atoms with E-state index in [0.717, 1.165) is 47.3 Å². The van der Waals surface area contributed by atoms with Crippen molar-refractivity contribution >= 4 is 23.6 Å². The van der Waals surface area contributed by atoms with Gasteiger partial charge in [-0.15, -0.1) is 0 Å². The van der Waals surface area contributed by atoms with E-state index in [1.54, 1.807) is 12.0 Å². The Hall–Kier alpha value is -4.90. The number of para-hydroxylation sites is 1. The van der Waals surface area contributed by atoms with Gasteiger partial charge >= 0.3 is 0 Å². The Bertz CT molecular complexity index is 1630. The molecule has 2 heterocycles. The number of nitrogens with zero attached hydrogens (tertiary/aromatic N) is 1. The van der Waals surface area contributed by atoms with Crippen LogP contribution in [0, 0.1) is 12.8 Å². The number of nitrogens with one attached hydrogen (secondary N) is 3. The van der Waals surface area contributed by atoms with Crippen LogP contribution >= 0.6 is 0 Å². The summed E-state index contributed by atoms with van der Waals surface area (Å²) in [7, 11) is 1.59. The third kappa shape index (κ3) is 11.3. The molecule has 4 bridgehead atoms. The van der Waals surface area contributed by atoms with E-state index in [0.29, 0.717) is 38.3 Å². The van der Waals surface area contributed by atoms with Crippen LogP contribution in [0.2, 0.25) is 0 Å². The molecular weight excluding hydrogens is 648 g/mol. The maximum Gasteiger partial charge on any atom is 0.243 e. The molecule has 0 spiro atoms. The van der Waals surface area contributed by atoms with Crippen LogP contribution in [-0.4, -0.2) is 74.0 Å². The van der Waals surface area contributed by atoms with Gasteiger partial charge in [0.1, 0.15) is 23.6 Å². The Kier molecular flexibility index (Phi) is 13.9. The molecule has 2 aliphatic heterocycles. The van der Waals surface area contributed by atoms with E-state index in [2.05, 4.69) is 16.0 Å². The SMILES string of the molecule is COc1ccccc1COCCC(=O)N[C@H]1CC(=O)N2CCCC(CCOc3ccc(C)c(c3)CNC(=O)[C@H](CCc3ccccc3)NC1=O)C2. The highest BCUT2D eigenvalue weighted by Gasteiger charge is 2.32. The summed E-state index contributed by atoms with van der Waals surface area (Å²) in [5, 5.41) is 8.67. The Balaban J connectivity index is 1.32. The first-order valence-corrected chi connectivity index (χ1v) is 17.9. The van der Waals surface area contributed by atoms with Gasteiger partial charge in [0.25, 0.3) is 0 Å². The molecule has 3 aromatic carbocycles. The zero-order valence-corrected chi connectivity index (χ0v) is 29.7. The first-order chi connectivity index (χ1) is 24.8. The van der Waals surface area contributed by atoms with Crippen LogP contribution in [0.5, 0.6) is 11.5 Å². The zero-order chi connectivity index (χ0) is 36.0. The number of aryl methyl sites for hydroxylation is 2. The molecule has 0 radical (unpaired) electrons. The van der Waals surface area contributed by atoms with Gasteiger partial charge in [-0.05, 0) is 79.8 Å². The summed E-state index contributed by atoms with van der Waals surface area (Å²) in [6, 6.07) is 21.0. The van der Waals surface area contributed by atoms with E-state index in [9.17, 15) is 19.2 Å². The van der Waals surface area contributed by atoms with Crippen LogP contribution in [0.1, 0.15) is 60.8 Å². The van der Waals surface area contributed by atoms with E-state index in [-0.39, 0.29) is 50.3 Å². The third-order valence-electron chi connectivity index (χ3n) is 9.59. The first kappa shape index (κ1) is 37.4. The van der Waals surface area contributed by atoms with Gasteiger partial charge in [-0.25, -0.2) is 0 Å². The molecule has 1 unspecified atom stereocenters. The molecule has 1 saturated heterocycles. The average Bonchev–Trinajstić information content (AvgIpc) is 3.15. The topological polar surface area (TPSA) is 135 Å². The quantitative estimate of drug-likeness (QED) is 0.270. The lowest BCUT2D eigenvalue weighted by atomic mass is 9.94. The Morgan fingerprint density at radius 3 is 2.63 bits per heavy atom. The van der Waals surface area contributed by atoms with Gasteiger partial charge in [-0.2, -0.15) is 0 Å². The molecule has 3 atom stereocenters. The molecule has 11 nitrogen and oxygen atoms in total. The van der Waals surface area contributed by atoms with Crippen LogP contribution < -0.4 is 25.4 Å². The first-order valence-electron chi connectivity index (χ1n) is 17.9. The fourth-order valence-corrected chi connectivity index (χ4v) is 6.55. The van der Waals surface area contributed by atoms with Crippen LogP contribution in [0.4, 0.5) is 0 Å². The number of methoxy groups -OCH3 is 1. The van der Waals surface area contributed by atoms with E-state index in [4.69, 9.17) is 14.2 Å².